The number of hydrogen-bond donors (Lipinski definition) is 1. The Balaban J connectivity index is 1.72. The number of imidazole rings is 1. The Kier molecular flexibility index (Phi) is 7.29. The number of aromatic nitrogens is 2. The maximum atomic E-state index is 13.1. The lowest BCUT2D eigenvalue weighted by Crippen LogP contribution is -2.53. The minimum absolute atomic E-state index is 0.0623. The van der Waals surface area contributed by atoms with Crippen molar-refractivity contribution in [3.63, 3.8) is 0 Å². The van der Waals surface area contributed by atoms with Crippen molar-refractivity contribution in [1.29, 1.82) is 0 Å². The van der Waals surface area contributed by atoms with Gasteiger partial charge in [0.2, 0.25) is 0 Å². The Morgan fingerprint density at radius 1 is 1.22 bits per heavy atom. The number of rotatable bonds is 8. The number of piperidine rings is 1. The minimum Gasteiger partial charge on any atom is -0.491 e. The molecule has 1 amide bonds. The minimum atomic E-state index is -3.68. The SMILES string of the molecule is CC(C)Oc1ccc(C(=O)NCC2(C(C)C)CCCN(S(=O)(=O)c3cn(C)cn3)C2)cc1. The molecular weight excluding hydrogens is 428 g/mol. The van der Waals surface area contributed by atoms with Crippen molar-refractivity contribution in [3.8, 4) is 5.75 Å². The third-order valence-corrected chi connectivity index (χ3v) is 7.90. The highest BCUT2D eigenvalue weighted by Crippen LogP contribution is 2.38. The highest BCUT2D eigenvalue weighted by molar-refractivity contribution is 7.89. The molecule has 2 heterocycles. The van der Waals surface area contributed by atoms with Crippen LogP contribution in [0, 0.1) is 11.3 Å². The molecule has 0 aliphatic carbocycles. The topological polar surface area (TPSA) is 93.5 Å². The lowest BCUT2D eigenvalue weighted by Gasteiger charge is -2.45. The molecule has 1 saturated heterocycles. The predicted octanol–water partition coefficient (Wildman–Crippen LogP) is 3.06. The molecule has 1 aromatic heterocycles. The van der Waals surface area contributed by atoms with E-state index < -0.39 is 10.0 Å². The summed E-state index contributed by atoms with van der Waals surface area (Å²) in [7, 11) is -1.93. The summed E-state index contributed by atoms with van der Waals surface area (Å²) in [5, 5.41) is 3.11. The average molecular weight is 463 g/mol. The highest BCUT2D eigenvalue weighted by atomic mass is 32.2. The number of hydrogen-bond acceptors (Lipinski definition) is 5. The second kappa shape index (κ2) is 9.62. The van der Waals surface area contributed by atoms with Gasteiger partial charge >= 0.3 is 0 Å². The van der Waals surface area contributed by atoms with Gasteiger partial charge in [0.15, 0.2) is 5.03 Å². The van der Waals surface area contributed by atoms with Gasteiger partial charge in [-0.25, -0.2) is 13.4 Å². The summed E-state index contributed by atoms with van der Waals surface area (Å²) in [4.78, 5) is 16.8. The number of aryl methyl sites for hydroxylation is 1. The van der Waals surface area contributed by atoms with E-state index in [-0.39, 0.29) is 28.4 Å². The molecule has 8 nitrogen and oxygen atoms in total. The molecule has 3 rings (SSSR count). The van der Waals surface area contributed by atoms with Crippen LogP contribution in [0.15, 0.2) is 41.8 Å². The Bertz CT molecular complexity index is 1030. The number of carbonyl (C=O) groups is 1. The van der Waals surface area contributed by atoms with E-state index in [4.69, 9.17) is 4.74 Å². The van der Waals surface area contributed by atoms with Crippen LogP contribution >= 0.6 is 0 Å². The summed E-state index contributed by atoms with van der Waals surface area (Å²) in [6.45, 7) is 9.29. The molecule has 0 spiro atoms. The van der Waals surface area contributed by atoms with E-state index in [1.165, 1.54) is 16.8 Å². The molecule has 0 saturated carbocycles. The quantitative estimate of drug-likeness (QED) is 0.651. The summed E-state index contributed by atoms with van der Waals surface area (Å²) in [5.41, 5.74) is 0.199. The van der Waals surface area contributed by atoms with Crippen molar-refractivity contribution >= 4 is 15.9 Å². The van der Waals surface area contributed by atoms with Crippen LogP contribution in [0.4, 0.5) is 0 Å². The molecule has 176 valence electrons. The van der Waals surface area contributed by atoms with Crippen molar-refractivity contribution < 1.29 is 17.9 Å². The van der Waals surface area contributed by atoms with Crippen molar-refractivity contribution in [2.24, 2.45) is 18.4 Å². The fraction of sp³-hybridized carbons (Fsp3) is 0.565. The first-order chi connectivity index (χ1) is 15.0. The maximum absolute atomic E-state index is 13.1. The number of sulfonamides is 1. The Morgan fingerprint density at radius 3 is 2.47 bits per heavy atom. The van der Waals surface area contributed by atoms with Crippen LogP contribution in [-0.2, 0) is 17.1 Å². The van der Waals surface area contributed by atoms with Gasteiger partial charge in [-0.2, -0.15) is 4.31 Å². The average Bonchev–Trinajstić information content (AvgIpc) is 3.19. The Hall–Kier alpha value is -2.39. The molecule has 2 aromatic rings. The molecule has 0 bridgehead atoms. The van der Waals surface area contributed by atoms with Gasteiger partial charge in [-0.15, -0.1) is 0 Å². The van der Waals surface area contributed by atoms with Gasteiger partial charge in [0.25, 0.3) is 15.9 Å². The van der Waals surface area contributed by atoms with Gasteiger partial charge in [-0.3, -0.25) is 4.79 Å². The fourth-order valence-corrected chi connectivity index (χ4v) is 5.65. The number of nitrogens with zero attached hydrogens (tertiary/aromatic N) is 3. The molecule has 0 radical (unpaired) electrons. The first kappa shape index (κ1) is 24.3. The molecule has 1 aliphatic rings. The van der Waals surface area contributed by atoms with Crippen LogP contribution in [0.3, 0.4) is 0 Å². The third kappa shape index (κ3) is 5.32. The van der Waals surface area contributed by atoms with E-state index >= 15 is 0 Å². The molecule has 9 heteroatoms. The first-order valence-electron chi connectivity index (χ1n) is 11.1. The van der Waals surface area contributed by atoms with E-state index in [1.807, 2.05) is 13.8 Å². The summed E-state index contributed by atoms with van der Waals surface area (Å²) >= 11 is 0. The normalized spacial score (nSPS) is 20.0. The smallest absolute Gasteiger partial charge is 0.262 e. The van der Waals surface area contributed by atoms with E-state index in [1.54, 1.807) is 35.9 Å². The second-order valence-corrected chi connectivity index (χ2v) is 11.1. The summed E-state index contributed by atoms with van der Waals surface area (Å²) in [6, 6.07) is 7.06. The van der Waals surface area contributed by atoms with Crippen LogP contribution in [0.1, 0.15) is 50.9 Å². The summed E-state index contributed by atoms with van der Waals surface area (Å²) in [6.07, 6.45) is 4.67. The van der Waals surface area contributed by atoms with Crippen LogP contribution < -0.4 is 10.1 Å². The number of amides is 1. The number of nitrogens with one attached hydrogen (secondary N) is 1. The lowest BCUT2D eigenvalue weighted by atomic mass is 9.71. The lowest BCUT2D eigenvalue weighted by molar-refractivity contribution is 0.0750. The van der Waals surface area contributed by atoms with Crippen LogP contribution in [0.25, 0.3) is 0 Å². The zero-order valence-electron chi connectivity index (χ0n) is 19.5. The molecule has 1 aromatic carbocycles. The van der Waals surface area contributed by atoms with Crippen LogP contribution in [0.2, 0.25) is 0 Å². The molecule has 1 unspecified atom stereocenters. The van der Waals surface area contributed by atoms with E-state index in [9.17, 15) is 13.2 Å². The standard InChI is InChI=1S/C23H34N4O4S/c1-17(2)23(14-24-22(28)19-7-9-20(10-8-19)31-18(3)4)11-6-12-27(15-23)32(29,30)21-13-26(5)16-25-21/h7-10,13,16-18H,6,11-12,14-15H2,1-5H3,(H,24,28). The zero-order valence-corrected chi connectivity index (χ0v) is 20.4. The Labute approximate surface area is 191 Å². The van der Waals surface area contributed by atoms with Crippen LogP contribution in [-0.4, -0.2) is 53.9 Å². The molecular formula is C23H34N4O4S. The number of benzene rings is 1. The van der Waals surface area contributed by atoms with Gasteiger partial charge in [0.1, 0.15) is 5.75 Å². The molecule has 32 heavy (non-hydrogen) atoms. The van der Waals surface area contributed by atoms with Crippen molar-refractivity contribution in [1.82, 2.24) is 19.2 Å². The summed E-state index contributed by atoms with van der Waals surface area (Å²) < 4.78 is 35.0. The second-order valence-electron chi connectivity index (χ2n) is 9.21. The van der Waals surface area contributed by atoms with Gasteiger partial charge in [-0.05, 0) is 56.9 Å². The predicted molar refractivity (Wildman–Crippen MR) is 123 cm³/mol. The monoisotopic (exact) mass is 462 g/mol. The number of ether oxygens (including phenoxy) is 1. The third-order valence-electron chi connectivity index (χ3n) is 6.17. The van der Waals surface area contributed by atoms with E-state index in [0.717, 1.165) is 18.6 Å². The van der Waals surface area contributed by atoms with Crippen molar-refractivity contribution in [3.05, 3.63) is 42.4 Å². The van der Waals surface area contributed by atoms with Gasteiger partial charge < -0.3 is 14.6 Å². The maximum Gasteiger partial charge on any atom is 0.262 e. The summed E-state index contributed by atoms with van der Waals surface area (Å²) in [5.74, 6) is 0.732. The van der Waals surface area contributed by atoms with E-state index in [0.29, 0.717) is 25.2 Å². The molecule has 1 fully saturated rings. The largest absolute Gasteiger partial charge is 0.491 e. The fourth-order valence-electron chi connectivity index (χ4n) is 4.11. The zero-order chi connectivity index (χ0) is 23.5. The Morgan fingerprint density at radius 2 is 1.91 bits per heavy atom. The highest BCUT2D eigenvalue weighted by Gasteiger charge is 2.43. The van der Waals surface area contributed by atoms with E-state index in [2.05, 4.69) is 24.1 Å². The molecule has 1 aliphatic heterocycles. The molecule has 1 atom stereocenters. The van der Waals surface area contributed by atoms with Gasteiger partial charge in [0, 0.05) is 43.9 Å². The van der Waals surface area contributed by atoms with Gasteiger partial charge in [0.05, 0.1) is 12.4 Å². The number of carbonyl (C=O) groups excluding carboxylic acids is 1. The van der Waals surface area contributed by atoms with Crippen LogP contribution in [0.5, 0.6) is 5.75 Å². The van der Waals surface area contributed by atoms with Crippen molar-refractivity contribution in [2.75, 3.05) is 19.6 Å². The van der Waals surface area contributed by atoms with Gasteiger partial charge in [-0.1, -0.05) is 13.8 Å². The molecule has 1 N–H and O–H groups in total. The first-order valence-corrected chi connectivity index (χ1v) is 12.5. The van der Waals surface area contributed by atoms with Crippen molar-refractivity contribution in [2.45, 2.75) is 51.7 Å².